The van der Waals surface area contributed by atoms with Crippen molar-refractivity contribution in [3.05, 3.63) is 38.4 Å². The zero-order valence-corrected chi connectivity index (χ0v) is 13.1. The van der Waals surface area contributed by atoms with Gasteiger partial charge in [-0.3, -0.25) is 4.79 Å². The third-order valence-corrected chi connectivity index (χ3v) is 3.91. The molecule has 0 spiro atoms. The van der Waals surface area contributed by atoms with Crippen LogP contribution in [0.4, 0.5) is 5.13 Å². The molecule has 100 valence electrons. The fraction of sp³-hybridized carbons (Fsp3) is 0.250. The number of halogens is 1. The molecule has 2 aromatic rings. The first kappa shape index (κ1) is 14.2. The minimum absolute atomic E-state index is 0.0460. The van der Waals surface area contributed by atoms with E-state index in [1.807, 2.05) is 24.3 Å². The van der Waals surface area contributed by atoms with Crippen LogP contribution in [-0.2, 0) is 6.42 Å². The summed E-state index contributed by atoms with van der Waals surface area (Å²) in [6, 6.07) is 7.50. The number of carbonyl (C=O) groups excluding carboxylic acids is 1. The van der Waals surface area contributed by atoms with Crippen molar-refractivity contribution in [2.24, 2.45) is 0 Å². The van der Waals surface area contributed by atoms with Gasteiger partial charge in [0.1, 0.15) is 5.01 Å². The van der Waals surface area contributed by atoms with Crippen LogP contribution in [0.15, 0.2) is 24.3 Å². The molecule has 0 radical (unpaired) electrons. The van der Waals surface area contributed by atoms with Crippen LogP contribution in [0.1, 0.15) is 21.8 Å². The topological polar surface area (TPSA) is 80.9 Å². The third-order valence-electron chi connectivity index (χ3n) is 2.42. The standard InChI is InChI=1S/C12H13IN4OS/c13-9-4-1-3-8(7-9)11(18)15-6-2-5-10-16-17-12(14)19-10/h1,3-4,7H,2,5-6H2,(H2,14,17)(H,15,18). The first-order valence-corrected chi connectivity index (χ1v) is 7.66. The highest BCUT2D eigenvalue weighted by Gasteiger charge is 2.05. The van der Waals surface area contributed by atoms with E-state index in [9.17, 15) is 4.79 Å². The van der Waals surface area contributed by atoms with Crippen LogP contribution in [0.25, 0.3) is 0 Å². The second kappa shape index (κ2) is 6.80. The number of benzene rings is 1. The van der Waals surface area contributed by atoms with Gasteiger partial charge < -0.3 is 11.1 Å². The summed E-state index contributed by atoms with van der Waals surface area (Å²) in [4.78, 5) is 11.9. The smallest absolute Gasteiger partial charge is 0.251 e. The summed E-state index contributed by atoms with van der Waals surface area (Å²) < 4.78 is 1.05. The minimum atomic E-state index is -0.0460. The molecule has 1 aromatic carbocycles. The molecule has 0 aliphatic carbocycles. The summed E-state index contributed by atoms with van der Waals surface area (Å²) in [7, 11) is 0. The van der Waals surface area contributed by atoms with Gasteiger partial charge in [0.05, 0.1) is 0 Å². The van der Waals surface area contributed by atoms with Crippen molar-refractivity contribution in [1.29, 1.82) is 0 Å². The van der Waals surface area contributed by atoms with Crippen LogP contribution in [0.2, 0.25) is 0 Å². The van der Waals surface area contributed by atoms with Gasteiger partial charge >= 0.3 is 0 Å². The SMILES string of the molecule is Nc1nnc(CCCNC(=O)c2cccc(I)c2)s1. The number of aromatic nitrogens is 2. The van der Waals surface area contributed by atoms with Gasteiger partial charge in [-0.05, 0) is 47.2 Å². The Morgan fingerprint density at radius 3 is 2.95 bits per heavy atom. The maximum Gasteiger partial charge on any atom is 0.251 e. The molecule has 19 heavy (non-hydrogen) atoms. The number of amides is 1. The lowest BCUT2D eigenvalue weighted by atomic mass is 10.2. The maximum absolute atomic E-state index is 11.9. The van der Waals surface area contributed by atoms with E-state index < -0.39 is 0 Å². The molecular weight excluding hydrogens is 375 g/mol. The van der Waals surface area contributed by atoms with Crippen LogP contribution < -0.4 is 11.1 Å². The number of nitrogens with two attached hydrogens (primary N) is 1. The van der Waals surface area contributed by atoms with Gasteiger partial charge in [0.25, 0.3) is 5.91 Å². The Bertz CT molecular complexity index is 572. The Labute approximate surface area is 128 Å². The van der Waals surface area contributed by atoms with Crippen LogP contribution >= 0.6 is 33.9 Å². The molecule has 0 saturated heterocycles. The summed E-state index contributed by atoms with van der Waals surface area (Å²) >= 11 is 3.57. The summed E-state index contributed by atoms with van der Waals surface area (Å²) in [5.41, 5.74) is 6.18. The Kier molecular flexibility index (Phi) is 5.08. The van der Waals surface area contributed by atoms with Crippen LogP contribution in [0, 0.1) is 3.57 Å². The summed E-state index contributed by atoms with van der Waals surface area (Å²) in [6.45, 7) is 0.615. The first-order valence-electron chi connectivity index (χ1n) is 5.77. The number of aryl methyl sites for hydroxylation is 1. The highest BCUT2D eigenvalue weighted by atomic mass is 127. The zero-order valence-electron chi connectivity index (χ0n) is 10.1. The summed E-state index contributed by atoms with van der Waals surface area (Å²) in [6.07, 6.45) is 1.60. The van der Waals surface area contributed by atoms with Gasteiger partial charge in [-0.25, -0.2) is 0 Å². The quantitative estimate of drug-likeness (QED) is 0.607. The molecule has 1 heterocycles. The van der Waals surface area contributed by atoms with Crippen molar-refractivity contribution in [2.45, 2.75) is 12.8 Å². The Morgan fingerprint density at radius 1 is 1.42 bits per heavy atom. The molecule has 0 saturated carbocycles. The van der Waals surface area contributed by atoms with E-state index in [2.05, 4.69) is 38.1 Å². The van der Waals surface area contributed by atoms with Gasteiger partial charge in [-0.15, -0.1) is 10.2 Å². The normalized spacial score (nSPS) is 10.4. The number of hydrogen-bond acceptors (Lipinski definition) is 5. The molecule has 0 aliphatic rings. The first-order chi connectivity index (χ1) is 9.15. The average Bonchev–Trinajstić information content (AvgIpc) is 2.80. The molecule has 5 nitrogen and oxygen atoms in total. The molecule has 0 fully saturated rings. The van der Waals surface area contributed by atoms with Crippen molar-refractivity contribution < 1.29 is 4.79 Å². The van der Waals surface area contributed by atoms with Crippen molar-refractivity contribution in [3.63, 3.8) is 0 Å². The Morgan fingerprint density at radius 2 is 2.26 bits per heavy atom. The monoisotopic (exact) mass is 388 g/mol. The molecule has 0 aliphatic heterocycles. The van der Waals surface area contributed by atoms with Crippen molar-refractivity contribution >= 4 is 45.0 Å². The Hall–Kier alpha value is -1.22. The van der Waals surface area contributed by atoms with Gasteiger partial charge in [0.15, 0.2) is 0 Å². The average molecular weight is 388 g/mol. The van der Waals surface area contributed by atoms with Gasteiger partial charge in [-0.2, -0.15) is 0 Å². The predicted molar refractivity (Wildman–Crippen MR) is 84.1 cm³/mol. The number of hydrogen-bond donors (Lipinski definition) is 2. The molecular formula is C12H13IN4OS. The lowest BCUT2D eigenvalue weighted by molar-refractivity contribution is 0.0953. The minimum Gasteiger partial charge on any atom is -0.374 e. The maximum atomic E-state index is 11.9. The van der Waals surface area contributed by atoms with Gasteiger partial charge in [0, 0.05) is 22.1 Å². The van der Waals surface area contributed by atoms with Gasteiger partial charge in [0.2, 0.25) is 5.13 Å². The number of carbonyl (C=O) groups is 1. The van der Waals surface area contributed by atoms with E-state index in [4.69, 9.17) is 5.73 Å². The fourth-order valence-electron chi connectivity index (χ4n) is 1.54. The number of nitrogens with zero attached hydrogens (tertiary/aromatic N) is 2. The van der Waals surface area contributed by atoms with E-state index >= 15 is 0 Å². The summed E-state index contributed by atoms with van der Waals surface area (Å²) in [5.74, 6) is -0.0460. The zero-order chi connectivity index (χ0) is 13.7. The number of nitrogens with one attached hydrogen (secondary N) is 1. The van der Waals surface area contributed by atoms with Crippen LogP contribution in [0.5, 0.6) is 0 Å². The van der Waals surface area contributed by atoms with Crippen LogP contribution in [0.3, 0.4) is 0 Å². The van der Waals surface area contributed by atoms with E-state index in [0.717, 1.165) is 21.4 Å². The highest BCUT2D eigenvalue weighted by Crippen LogP contribution is 2.12. The number of anilines is 1. The molecule has 0 bridgehead atoms. The van der Waals surface area contributed by atoms with E-state index in [1.165, 1.54) is 11.3 Å². The van der Waals surface area contributed by atoms with Gasteiger partial charge in [-0.1, -0.05) is 17.4 Å². The van der Waals surface area contributed by atoms with Crippen molar-refractivity contribution in [3.8, 4) is 0 Å². The molecule has 0 unspecified atom stereocenters. The Balaban J connectivity index is 1.75. The van der Waals surface area contributed by atoms with Crippen molar-refractivity contribution in [2.75, 3.05) is 12.3 Å². The third kappa shape index (κ3) is 4.43. The predicted octanol–water partition coefficient (Wildman–Crippen LogP) is 2.09. The van der Waals surface area contributed by atoms with Crippen molar-refractivity contribution in [1.82, 2.24) is 15.5 Å². The molecule has 3 N–H and O–H groups in total. The molecule has 1 aromatic heterocycles. The molecule has 7 heteroatoms. The second-order valence-corrected chi connectivity index (χ2v) is 6.24. The lowest BCUT2D eigenvalue weighted by Crippen LogP contribution is -2.24. The van der Waals surface area contributed by atoms with E-state index in [-0.39, 0.29) is 5.91 Å². The molecule has 2 rings (SSSR count). The lowest BCUT2D eigenvalue weighted by Gasteiger charge is -2.04. The molecule has 1 amide bonds. The second-order valence-electron chi connectivity index (χ2n) is 3.90. The largest absolute Gasteiger partial charge is 0.374 e. The molecule has 0 atom stereocenters. The number of rotatable bonds is 5. The highest BCUT2D eigenvalue weighted by molar-refractivity contribution is 14.1. The fourth-order valence-corrected chi connectivity index (χ4v) is 2.74. The van der Waals surface area contributed by atoms with E-state index in [1.54, 1.807) is 0 Å². The number of nitrogen functional groups attached to an aromatic ring is 1. The van der Waals surface area contributed by atoms with Crippen LogP contribution in [-0.4, -0.2) is 22.6 Å². The summed E-state index contributed by atoms with van der Waals surface area (Å²) in [5, 5.41) is 12.0. The van der Waals surface area contributed by atoms with E-state index in [0.29, 0.717) is 17.2 Å².